The highest BCUT2D eigenvalue weighted by Gasteiger charge is 2.22. The predicted octanol–water partition coefficient (Wildman–Crippen LogP) is 0.212. The van der Waals surface area contributed by atoms with E-state index in [1.54, 1.807) is 31.6 Å². The Bertz CT molecular complexity index is 510. The molecule has 17 heavy (non-hydrogen) atoms. The van der Waals surface area contributed by atoms with Gasteiger partial charge in [-0.3, -0.25) is 9.78 Å². The molecule has 1 unspecified atom stereocenters. The SMILES string of the molecule is Cn1nnc(C(CC(=O)O)c2ccncc2)n1. The number of rotatable bonds is 4. The van der Waals surface area contributed by atoms with E-state index in [0.29, 0.717) is 5.82 Å². The highest BCUT2D eigenvalue weighted by atomic mass is 16.4. The number of carboxylic acids is 1. The minimum absolute atomic E-state index is 0.0737. The van der Waals surface area contributed by atoms with Gasteiger partial charge in [0.2, 0.25) is 0 Å². The molecule has 0 aliphatic rings. The molecule has 7 heteroatoms. The molecule has 2 aromatic heterocycles. The molecular formula is C10H11N5O2. The van der Waals surface area contributed by atoms with Crippen LogP contribution in [0.5, 0.6) is 0 Å². The zero-order valence-corrected chi connectivity index (χ0v) is 9.19. The standard InChI is InChI=1S/C10H11N5O2/c1-15-13-10(12-14-15)8(6-9(16)17)7-2-4-11-5-3-7/h2-5,8H,6H2,1H3,(H,16,17). The summed E-state index contributed by atoms with van der Waals surface area (Å²) in [4.78, 5) is 16.1. The fourth-order valence-electron chi connectivity index (χ4n) is 1.57. The Morgan fingerprint density at radius 1 is 1.47 bits per heavy atom. The van der Waals surface area contributed by atoms with Gasteiger partial charge in [0.1, 0.15) is 0 Å². The third-order valence-corrected chi connectivity index (χ3v) is 2.32. The van der Waals surface area contributed by atoms with Gasteiger partial charge in [-0.05, 0) is 22.9 Å². The Labute approximate surface area is 97.1 Å². The van der Waals surface area contributed by atoms with Crippen molar-refractivity contribution >= 4 is 5.97 Å². The van der Waals surface area contributed by atoms with Crippen LogP contribution >= 0.6 is 0 Å². The topological polar surface area (TPSA) is 93.8 Å². The first-order valence-electron chi connectivity index (χ1n) is 5.02. The number of nitrogens with zero attached hydrogens (tertiary/aromatic N) is 5. The number of carbonyl (C=O) groups is 1. The van der Waals surface area contributed by atoms with Crippen molar-refractivity contribution in [2.45, 2.75) is 12.3 Å². The quantitative estimate of drug-likeness (QED) is 0.811. The lowest BCUT2D eigenvalue weighted by Gasteiger charge is -2.10. The van der Waals surface area contributed by atoms with E-state index in [-0.39, 0.29) is 6.42 Å². The van der Waals surface area contributed by atoms with Crippen LogP contribution in [0.1, 0.15) is 23.7 Å². The normalized spacial score (nSPS) is 12.3. The third kappa shape index (κ3) is 2.63. The zero-order valence-electron chi connectivity index (χ0n) is 9.19. The van der Waals surface area contributed by atoms with Crippen molar-refractivity contribution in [2.24, 2.45) is 7.05 Å². The Balaban J connectivity index is 2.35. The van der Waals surface area contributed by atoms with Gasteiger partial charge in [-0.1, -0.05) is 0 Å². The third-order valence-electron chi connectivity index (χ3n) is 2.32. The summed E-state index contributed by atoms with van der Waals surface area (Å²) in [6.07, 6.45) is 3.15. The van der Waals surface area contributed by atoms with E-state index in [4.69, 9.17) is 5.11 Å². The van der Waals surface area contributed by atoms with Crippen molar-refractivity contribution in [1.82, 2.24) is 25.2 Å². The maximum absolute atomic E-state index is 10.9. The second kappa shape index (κ2) is 4.69. The Morgan fingerprint density at radius 3 is 2.71 bits per heavy atom. The van der Waals surface area contributed by atoms with Crippen molar-refractivity contribution in [3.05, 3.63) is 35.9 Å². The Morgan fingerprint density at radius 2 is 2.18 bits per heavy atom. The molecule has 2 aromatic rings. The molecular weight excluding hydrogens is 222 g/mol. The number of hydrogen-bond donors (Lipinski definition) is 1. The highest BCUT2D eigenvalue weighted by Crippen LogP contribution is 2.24. The molecule has 7 nitrogen and oxygen atoms in total. The molecule has 0 aliphatic heterocycles. The van der Waals surface area contributed by atoms with Crippen molar-refractivity contribution in [3.63, 3.8) is 0 Å². The van der Waals surface area contributed by atoms with Crippen LogP contribution in [0.3, 0.4) is 0 Å². The van der Waals surface area contributed by atoms with E-state index < -0.39 is 11.9 Å². The van der Waals surface area contributed by atoms with E-state index in [1.165, 1.54) is 4.80 Å². The molecule has 1 atom stereocenters. The van der Waals surface area contributed by atoms with Crippen LogP contribution in [0.15, 0.2) is 24.5 Å². The number of pyridine rings is 1. The molecule has 0 bridgehead atoms. The summed E-state index contributed by atoms with van der Waals surface area (Å²) in [7, 11) is 1.64. The number of aromatic nitrogens is 5. The van der Waals surface area contributed by atoms with Crippen LogP contribution in [-0.4, -0.2) is 36.3 Å². The number of tetrazole rings is 1. The number of aryl methyl sites for hydroxylation is 1. The summed E-state index contributed by atoms with van der Waals surface area (Å²) >= 11 is 0. The number of carboxylic acid groups (broad SMARTS) is 1. The van der Waals surface area contributed by atoms with Crippen LogP contribution in [0, 0.1) is 0 Å². The zero-order chi connectivity index (χ0) is 12.3. The first-order chi connectivity index (χ1) is 8.16. The second-order valence-electron chi connectivity index (χ2n) is 3.57. The molecule has 2 heterocycles. The lowest BCUT2D eigenvalue weighted by atomic mass is 9.96. The molecule has 0 saturated heterocycles. The first-order valence-corrected chi connectivity index (χ1v) is 5.02. The van der Waals surface area contributed by atoms with Gasteiger partial charge >= 0.3 is 5.97 Å². The van der Waals surface area contributed by atoms with E-state index in [2.05, 4.69) is 20.4 Å². The van der Waals surface area contributed by atoms with E-state index >= 15 is 0 Å². The first kappa shape index (κ1) is 11.2. The largest absolute Gasteiger partial charge is 0.481 e. The van der Waals surface area contributed by atoms with Gasteiger partial charge in [0, 0.05) is 12.4 Å². The van der Waals surface area contributed by atoms with Gasteiger partial charge in [-0.25, -0.2) is 0 Å². The monoisotopic (exact) mass is 233 g/mol. The van der Waals surface area contributed by atoms with Crippen LogP contribution in [0.25, 0.3) is 0 Å². The molecule has 0 amide bonds. The molecule has 2 rings (SSSR count). The highest BCUT2D eigenvalue weighted by molar-refractivity contribution is 5.68. The molecule has 0 aromatic carbocycles. The van der Waals surface area contributed by atoms with Gasteiger partial charge in [0.15, 0.2) is 5.82 Å². The summed E-state index contributed by atoms with van der Waals surface area (Å²) in [6, 6.07) is 3.51. The molecule has 0 saturated carbocycles. The molecule has 0 radical (unpaired) electrons. The maximum atomic E-state index is 10.9. The molecule has 0 aliphatic carbocycles. The lowest BCUT2D eigenvalue weighted by molar-refractivity contribution is -0.137. The minimum Gasteiger partial charge on any atom is -0.481 e. The number of aliphatic carboxylic acids is 1. The Kier molecular flexibility index (Phi) is 3.08. The van der Waals surface area contributed by atoms with Crippen molar-refractivity contribution in [3.8, 4) is 0 Å². The van der Waals surface area contributed by atoms with Gasteiger partial charge < -0.3 is 5.11 Å². The summed E-state index contributed by atoms with van der Waals surface area (Å²) < 4.78 is 0. The van der Waals surface area contributed by atoms with Crippen molar-refractivity contribution in [1.29, 1.82) is 0 Å². The summed E-state index contributed by atoms with van der Waals surface area (Å²) in [5.41, 5.74) is 0.815. The predicted molar refractivity (Wildman–Crippen MR) is 57.1 cm³/mol. The fraction of sp³-hybridized carbons (Fsp3) is 0.300. The van der Waals surface area contributed by atoms with E-state index in [1.807, 2.05) is 0 Å². The average molecular weight is 233 g/mol. The van der Waals surface area contributed by atoms with Gasteiger partial charge in [-0.15, -0.1) is 10.2 Å². The molecule has 1 N–H and O–H groups in total. The van der Waals surface area contributed by atoms with Crippen molar-refractivity contribution < 1.29 is 9.90 Å². The van der Waals surface area contributed by atoms with Crippen LogP contribution in [0.2, 0.25) is 0 Å². The van der Waals surface area contributed by atoms with Gasteiger partial charge in [-0.2, -0.15) is 4.80 Å². The van der Waals surface area contributed by atoms with E-state index in [9.17, 15) is 4.79 Å². The Hall–Kier alpha value is -2.31. The number of hydrogen-bond acceptors (Lipinski definition) is 5. The minimum atomic E-state index is -0.903. The lowest BCUT2D eigenvalue weighted by Crippen LogP contribution is -2.10. The summed E-state index contributed by atoms with van der Waals surface area (Å²) in [5.74, 6) is -0.899. The fourth-order valence-corrected chi connectivity index (χ4v) is 1.57. The summed E-state index contributed by atoms with van der Waals surface area (Å²) in [5, 5.41) is 20.5. The molecule has 0 fully saturated rings. The van der Waals surface area contributed by atoms with Crippen LogP contribution in [-0.2, 0) is 11.8 Å². The van der Waals surface area contributed by atoms with Crippen LogP contribution in [0.4, 0.5) is 0 Å². The van der Waals surface area contributed by atoms with E-state index in [0.717, 1.165) is 5.56 Å². The van der Waals surface area contributed by atoms with Crippen LogP contribution < -0.4 is 0 Å². The average Bonchev–Trinajstić information content (AvgIpc) is 2.73. The van der Waals surface area contributed by atoms with Crippen molar-refractivity contribution in [2.75, 3.05) is 0 Å². The summed E-state index contributed by atoms with van der Waals surface area (Å²) in [6.45, 7) is 0. The second-order valence-corrected chi connectivity index (χ2v) is 3.57. The maximum Gasteiger partial charge on any atom is 0.304 e. The molecule has 88 valence electrons. The smallest absolute Gasteiger partial charge is 0.304 e. The molecule has 0 spiro atoms. The van der Waals surface area contributed by atoms with Gasteiger partial charge in [0.05, 0.1) is 19.4 Å². The van der Waals surface area contributed by atoms with Gasteiger partial charge in [0.25, 0.3) is 0 Å².